The second-order valence-electron chi connectivity index (χ2n) is 5.17. The summed E-state index contributed by atoms with van der Waals surface area (Å²) in [5.74, 6) is -1.15. The fourth-order valence-corrected chi connectivity index (χ4v) is 2.54. The molecule has 0 unspecified atom stereocenters. The van der Waals surface area contributed by atoms with Crippen LogP contribution in [0.4, 0.5) is 0 Å². The number of benzene rings is 2. The predicted molar refractivity (Wildman–Crippen MR) is 83.1 cm³/mol. The lowest BCUT2D eigenvalue weighted by Gasteiger charge is -2.07. The first kappa shape index (κ1) is 14.1. The van der Waals surface area contributed by atoms with Gasteiger partial charge in [-0.25, -0.2) is 0 Å². The first-order valence-electron chi connectivity index (χ1n) is 7.04. The van der Waals surface area contributed by atoms with Crippen molar-refractivity contribution in [2.24, 2.45) is 0 Å². The fraction of sp³-hybridized carbons (Fsp3) is 0.111. The van der Waals surface area contributed by atoms with Crippen LogP contribution in [0, 0.1) is 0 Å². The molecule has 1 heterocycles. The molecule has 2 aromatic rings. The summed E-state index contributed by atoms with van der Waals surface area (Å²) in [6, 6.07) is 17.4. The van der Waals surface area contributed by atoms with E-state index in [1.807, 2.05) is 30.3 Å². The first-order chi connectivity index (χ1) is 10.7. The van der Waals surface area contributed by atoms with Crippen molar-refractivity contribution in [1.29, 1.82) is 0 Å². The molecular weight excluding hydrogens is 278 g/mol. The van der Waals surface area contributed by atoms with E-state index in [2.05, 4.69) is 5.32 Å². The second-order valence-corrected chi connectivity index (χ2v) is 5.17. The van der Waals surface area contributed by atoms with Crippen LogP contribution in [0.3, 0.4) is 0 Å². The van der Waals surface area contributed by atoms with Gasteiger partial charge in [0, 0.05) is 12.0 Å². The van der Waals surface area contributed by atoms with Crippen molar-refractivity contribution in [1.82, 2.24) is 5.32 Å². The zero-order valence-electron chi connectivity index (χ0n) is 11.8. The number of aliphatic hydroxyl groups excluding tert-OH is 1. The standard InChI is InChI=1S/C18H15NO3/c20-16(13-9-5-2-6-10-13)15-17(21)14(19-18(15)22)11-12-7-3-1-4-8-12/h1-10,14,20H,11H2,(H,19,22)/b16-15+/t14-/m0/s1. The van der Waals surface area contributed by atoms with Gasteiger partial charge in [0.05, 0.1) is 6.04 Å². The molecule has 1 saturated heterocycles. The number of Topliss-reactive ketones (excluding diaryl/α,β-unsaturated/α-hetero) is 1. The van der Waals surface area contributed by atoms with Gasteiger partial charge in [-0.1, -0.05) is 60.7 Å². The highest BCUT2D eigenvalue weighted by Crippen LogP contribution is 2.23. The largest absolute Gasteiger partial charge is 0.506 e. The van der Waals surface area contributed by atoms with Crippen molar-refractivity contribution in [2.45, 2.75) is 12.5 Å². The summed E-state index contributed by atoms with van der Waals surface area (Å²) in [7, 11) is 0. The summed E-state index contributed by atoms with van der Waals surface area (Å²) < 4.78 is 0. The molecule has 1 atom stereocenters. The molecule has 110 valence electrons. The first-order valence-corrected chi connectivity index (χ1v) is 7.04. The van der Waals surface area contributed by atoms with Crippen LogP contribution in [0.1, 0.15) is 11.1 Å². The van der Waals surface area contributed by atoms with Crippen molar-refractivity contribution in [3.8, 4) is 0 Å². The molecule has 0 spiro atoms. The Bertz CT molecular complexity index is 735. The van der Waals surface area contributed by atoms with E-state index in [9.17, 15) is 14.7 Å². The number of hydrogen-bond donors (Lipinski definition) is 2. The summed E-state index contributed by atoms with van der Waals surface area (Å²) >= 11 is 0. The Morgan fingerprint density at radius 2 is 1.55 bits per heavy atom. The molecule has 4 heteroatoms. The highest BCUT2D eigenvalue weighted by Gasteiger charge is 2.38. The van der Waals surface area contributed by atoms with Crippen LogP contribution >= 0.6 is 0 Å². The van der Waals surface area contributed by atoms with Gasteiger partial charge in [0.25, 0.3) is 5.91 Å². The van der Waals surface area contributed by atoms with Crippen LogP contribution in [-0.2, 0) is 16.0 Å². The molecule has 1 aliphatic rings. The van der Waals surface area contributed by atoms with Crippen LogP contribution in [0.5, 0.6) is 0 Å². The Labute approximate surface area is 128 Å². The van der Waals surface area contributed by atoms with E-state index in [1.165, 1.54) is 0 Å². The van der Waals surface area contributed by atoms with Crippen LogP contribution < -0.4 is 5.32 Å². The van der Waals surface area contributed by atoms with Gasteiger partial charge in [-0.15, -0.1) is 0 Å². The molecule has 0 aliphatic carbocycles. The minimum atomic E-state index is -0.629. The lowest BCUT2D eigenvalue weighted by Crippen LogP contribution is -2.31. The van der Waals surface area contributed by atoms with E-state index in [0.717, 1.165) is 5.56 Å². The number of rotatable bonds is 3. The molecule has 4 nitrogen and oxygen atoms in total. The lowest BCUT2D eigenvalue weighted by molar-refractivity contribution is -0.117. The van der Waals surface area contributed by atoms with Crippen LogP contribution in [0.15, 0.2) is 66.2 Å². The Kier molecular flexibility index (Phi) is 3.74. The third-order valence-electron chi connectivity index (χ3n) is 3.66. The molecule has 2 N–H and O–H groups in total. The number of amides is 1. The third-order valence-corrected chi connectivity index (χ3v) is 3.66. The van der Waals surface area contributed by atoms with E-state index >= 15 is 0 Å². The average Bonchev–Trinajstić information content (AvgIpc) is 2.82. The molecule has 0 saturated carbocycles. The molecule has 1 amide bonds. The zero-order valence-corrected chi connectivity index (χ0v) is 11.8. The molecule has 1 aliphatic heterocycles. The van der Waals surface area contributed by atoms with Gasteiger partial charge in [-0.05, 0) is 5.56 Å². The smallest absolute Gasteiger partial charge is 0.259 e. The summed E-state index contributed by atoms with van der Waals surface area (Å²) in [5, 5.41) is 12.9. The van der Waals surface area contributed by atoms with Crippen molar-refractivity contribution >= 4 is 17.4 Å². The van der Waals surface area contributed by atoms with Crippen LogP contribution in [0.25, 0.3) is 5.76 Å². The van der Waals surface area contributed by atoms with Crippen LogP contribution in [-0.4, -0.2) is 22.8 Å². The predicted octanol–water partition coefficient (Wildman–Crippen LogP) is 2.27. The van der Waals surface area contributed by atoms with Gasteiger partial charge in [-0.3, -0.25) is 9.59 Å². The lowest BCUT2D eigenvalue weighted by atomic mass is 9.99. The summed E-state index contributed by atoms with van der Waals surface area (Å²) in [4.78, 5) is 24.5. The fourth-order valence-electron chi connectivity index (χ4n) is 2.54. The Morgan fingerprint density at radius 3 is 2.18 bits per heavy atom. The summed E-state index contributed by atoms with van der Waals surface area (Å²) in [6.07, 6.45) is 0.414. The molecule has 22 heavy (non-hydrogen) atoms. The highest BCUT2D eigenvalue weighted by molar-refractivity contribution is 6.30. The van der Waals surface area contributed by atoms with Crippen molar-refractivity contribution < 1.29 is 14.7 Å². The Balaban J connectivity index is 1.89. The van der Waals surface area contributed by atoms with Gasteiger partial charge in [-0.2, -0.15) is 0 Å². The number of hydrogen-bond acceptors (Lipinski definition) is 3. The topological polar surface area (TPSA) is 66.4 Å². The SMILES string of the molecule is O=C1N[C@@H](Cc2ccccc2)C(=O)/C1=C(\O)c1ccccc1. The minimum Gasteiger partial charge on any atom is -0.506 e. The Hall–Kier alpha value is -2.88. The third kappa shape index (κ3) is 2.63. The molecule has 3 rings (SSSR count). The summed E-state index contributed by atoms with van der Waals surface area (Å²) in [5.41, 5.74) is 1.26. The van der Waals surface area contributed by atoms with E-state index in [1.54, 1.807) is 30.3 Å². The van der Waals surface area contributed by atoms with Gasteiger partial charge in [0.1, 0.15) is 11.3 Å². The normalized spacial score (nSPS) is 19.9. The molecule has 1 fully saturated rings. The summed E-state index contributed by atoms with van der Waals surface area (Å²) in [6.45, 7) is 0. The molecule has 2 aromatic carbocycles. The number of nitrogens with one attached hydrogen (secondary N) is 1. The Morgan fingerprint density at radius 1 is 0.955 bits per heavy atom. The van der Waals surface area contributed by atoms with Crippen molar-refractivity contribution in [3.05, 3.63) is 77.4 Å². The monoisotopic (exact) mass is 293 g/mol. The van der Waals surface area contributed by atoms with Gasteiger partial charge in [0.15, 0.2) is 5.78 Å². The van der Waals surface area contributed by atoms with Gasteiger partial charge < -0.3 is 10.4 Å². The molecule has 0 radical (unpaired) electrons. The maximum atomic E-state index is 12.4. The van der Waals surface area contributed by atoms with E-state index in [4.69, 9.17) is 0 Å². The van der Waals surface area contributed by atoms with E-state index in [0.29, 0.717) is 12.0 Å². The molecular formula is C18H15NO3. The quantitative estimate of drug-likeness (QED) is 0.518. The van der Waals surface area contributed by atoms with E-state index < -0.39 is 11.9 Å². The molecule has 0 bridgehead atoms. The van der Waals surface area contributed by atoms with Crippen molar-refractivity contribution in [3.63, 3.8) is 0 Å². The highest BCUT2D eigenvalue weighted by atomic mass is 16.3. The minimum absolute atomic E-state index is 0.160. The number of aliphatic hydroxyl groups is 1. The molecule has 0 aromatic heterocycles. The number of ketones is 1. The second kappa shape index (κ2) is 5.85. The van der Waals surface area contributed by atoms with Crippen LogP contribution in [0.2, 0.25) is 0 Å². The van der Waals surface area contributed by atoms with Gasteiger partial charge >= 0.3 is 0 Å². The van der Waals surface area contributed by atoms with Crippen molar-refractivity contribution in [2.75, 3.05) is 0 Å². The average molecular weight is 293 g/mol. The van der Waals surface area contributed by atoms with E-state index in [-0.39, 0.29) is 17.1 Å². The van der Waals surface area contributed by atoms with Gasteiger partial charge in [0.2, 0.25) is 0 Å². The number of carbonyl (C=O) groups is 2. The maximum Gasteiger partial charge on any atom is 0.259 e. The zero-order chi connectivity index (χ0) is 15.5. The number of carbonyl (C=O) groups excluding carboxylic acids is 2. The maximum absolute atomic E-state index is 12.4.